The van der Waals surface area contributed by atoms with Crippen LogP contribution in [0.25, 0.3) is 0 Å². The summed E-state index contributed by atoms with van der Waals surface area (Å²) in [5.41, 5.74) is 0. The number of aliphatic hydroxyl groups excluding tert-OH is 2. The molecule has 5 nitrogen and oxygen atoms in total. The Morgan fingerprint density at radius 2 is 1.93 bits per heavy atom. The number of nitrogens with zero attached hydrogens (tertiary/aromatic N) is 1. The SMILES string of the molecule is O=C([C@H]1CCCCN1)N(CCO)CCO. The highest BCUT2D eigenvalue weighted by Gasteiger charge is 2.24. The maximum absolute atomic E-state index is 11.9. The summed E-state index contributed by atoms with van der Waals surface area (Å²) >= 11 is 0. The van der Waals surface area contributed by atoms with Gasteiger partial charge in [-0.3, -0.25) is 4.79 Å². The minimum atomic E-state index is -0.128. The van der Waals surface area contributed by atoms with Crippen molar-refractivity contribution in [2.24, 2.45) is 0 Å². The quantitative estimate of drug-likeness (QED) is 0.548. The largest absolute Gasteiger partial charge is 0.395 e. The van der Waals surface area contributed by atoms with E-state index < -0.39 is 0 Å². The highest BCUT2D eigenvalue weighted by atomic mass is 16.3. The van der Waals surface area contributed by atoms with Crippen LogP contribution in [0.2, 0.25) is 0 Å². The molecule has 1 atom stereocenters. The third-order valence-corrected chi connectivity index (χ3v) is 2.66. The van der Waals surface area contributed by atoms with Crippen LogP contribution in [0.5, 0.6) is 0 Å². The van der Waals surface area contributed by atoms with Gasteiger partial charge in [-0.1, -0.05) is 6.42 Å². The van der Waals surface area contributed by atoms with Crippen LogP contribution in [-0.4, -0.2) is 59.9 Å². The van der Waals surface area contributed by atoms with Gasteiger partial charge in [-0.15, -0.1) is 0 Å². The molecule has 1 aliphatic rings. The summed E-state index contributed by atoms with van der Waals surface area (Å²) in [6.07, 6.45) is 3.03. The van der Waals surface area contributed by atoms with E-state index in [-0.39, 0.29) is 25.2 Å². The molecule has 0 bridgehead atoms. The van der Waals surface area contributed by atoms with Crippen LogP contribution in [-0.2, 0) is 4.79 Å². The van der Waals surface area contributed by atoms with Gasteiger partial charge in [0.15, 0.2) is 0 Å². The minimum absolute atomic E-state index is 0.00204. The number of amides is 1. The van der Waals surface area contributed by atoms with Crippen molar-refractivity contribution in [3.63, 3.8) is 0 Å². The summed E-state index contributed by atoms with van der Waals surface area (Å²) < 4.78 is 0. The highest BCUT2D eigenvalue weighted by Crippen LogP contribution is 2.09. The lowest BCUT2D eigenvalue weighted by atomic mass is 10.0. The zero-order chi connectivity index (χ0) is 11.1. The Labute approximate surface area is 90.1 Å². The number of rotatable bonds is 5. The van der Waals surface area contributed by atoms with Crippen LogP contribution in [0, 0.1) is 0 Å². The molecule has 1 fully saturated rings. The Hall–Kier alpha value is -0.650. The van der Waals surface area contributed by atoms with Crippen molar-refractivity contribution in [3.8, 4) is 0 Å². The summed E-state index contributed by atoms with van der Waals surface area (Å²) in [5.74, 6) is -0.00204. The molecule has 0 aromatic rings. The summed E-state index contributed by atoms with van der Waals surface area (Å²) in [7, 11) is 0. The van der Waals surface area contributed by atoms with Gasteiger partial charge in [-0.25, -0.2) is 0 Å². The van der Waals surface area contributed by atoms with Crippen LogP contribution in [0.4, 0.5) is 0 Å². The Bertz CT molecular complexity index is 187. The van der Waals surface area contributed by atoms with E-state index in [4.69, 9.17) is 10.2 Å². The molecule has 0 radical (unpaired) electrons. The summed E-state index contributed by atoms with van der Waals surface area (Å²) in [4.78, 5) is 13.4. The maximum Gasteiger partial charge on any atom is 0.239 e. The fourth-order valence-electron chi connectivity index (χ4n) is 1.86. The molecule has 88 valence electrons. The molecule has 0 saturated carbocycles. The topological polar surface area (TPSA) is 72.8 Å². The fraction of sp³-hybridized carbons (Fsp3) is 0.900. The average Bonchev–Trinajstić information content (AvgIpc) is 2.29. The molecule has 1 saturated heterocycles. The summed E-state index contributed by atoms with van der Waals surface area (Å²) in [6.45, 7) is 1.37. The van der Waals surface area contributed by atoms with Crippen molar-refractivity contribution in [1.29, 1.82) is 0 Å². The first kappa shape index (κ1) is 12.4. The third-order valence-electron chi connectivity index (χ3n) is 2.66. The van der Waals surface area contributed by atoms with Crippen LogP contribution < -0.4 is 5.32 Å². The van der Waals surface area contributed by atoms with Gasteiger partial charge < -0.3 is 20.4 Å². The van der Waals surface area contributed by atoms with E-state index in [2.05, 4.69) is 5.32 Å². The first-order chi connectivity index (χ1) is 7.29. The zero-order valence-corrected chi connectivity index (χ0v) is 8.98. The molecule has 1 amide bonds. The smallest absolute Gasteiger partial charge is 0.239 e. The number of carbonyl (C=O) groups excluding carboxylic acids is 1. The molecule has 0 aliphatic carbocycles. The zero-order valence-electron chi connectivity index (χ0n) is 8.98. The summed E-state index contributed by atoms with van der Waals surface area (Å²) in [6, 6.07) is -0.128. The Morgan fingerprint density at radius 1 is 1.27 bits per heavy atom. The number of carbonyl (C=O) groups is 1. The van der Waals surface area contributed by atoms with Crippen LogP contribution in [0.15, 0.2) is 0 Å². The van der Waals surface area contributed by atoms with Crippen molar-refractivity contribution in [1.82, 2.24) is 10.2 Å². The lowest BCUT2D eigenvalue weighted by Gasteiger charge is -2.29. The number of piperidine rings is 1. The molecule has 3 N–H and O–H groups in total. The van der Waals surface area contributed by atoms with Crippen LogP contribution >= 0.6 is 0 Å². The first-order valence-corrected chi connectivity index (χ1v) is 5.53. The van der Waals surface area contributed by atoms with Gasteiger partial charge in [-0.05, 0) is 19.4 Å². The first-order valence-electron chi connectivity index (χ1n) is 5.53. The van der Waals surface area contributed by atoms with Gasteiger partial charge in [0.05, 0.1) is 19.3 Å². The number of hydrogen-bond acceptors (Lipinski definition) is 4. The maximum atomic E-state index is 11.9. The van der Waals surface area contributed by atoms with E-state index in [1.165, 1.54) is 4.90 Å². The van der Waals surface area contributed by atoms with Crippen LogP contribution in [0.1, 0.15) is 19.3 Å². The van der Waals surface area contributed by atoms with E-state index in [1.54, 1.807) is 0 Å². The summed E-state index contributed by atoms with van der Waals surface area (Å²) in [5, 5.41) is 20.8. The second kappa shape index (κ2) is 6.76. The second-order valence-electron chi connectivity index (χ2n) is 3.77. The van der Waals surface area contributed by atoms with Gasteiger partial charge in [0, 0.05) is 13.1 Å². The predicted molar refractivity (Wildman–Crippen MR) is 56.4 cm³/mol. The van der Waals surface area contributed by atoms with Gasteiger partial charge >= 0.3 is 0 Å². The predicted octanol–water partition coefficient (Wildman–Crippen LogP) is -1.06. The monoisotopic (exact) mass is 216 g/mol. The Morgan fingerprint density at radius 3 is 2.40 bits per heavy atom. The van der Waals surface area contributed by atoms with Gasteiger partial charge in [0.1, 0.15) is 0 Å². The number of hydrogen-bond donors (Lipinski definition) is 3. The molecule has 1 heterocycles. The van der Waals surface area contributed by atoms with E-state index in [0.717, 1.165) is 25.8 Å². The van der Waals surface area contributed by atoms with Crippen molar-refractivity contribution in [3.05, 3.63) is 0 Å². The standard InChI is InChI=1S/C10H20N2O3/c13-7-5-12(6-8-14)10(15)9-3-1-2-4-11-9/h9,11,13-14H,1-8H2/t9-/m1/s1. The molecule has 0 spiro atoms. The Balaban J connectivity index is 2.45. The van der Waals surface area contributed by atoms with Crippen molar-refractivity contribution < 1.29 is 15.0 Å². The molecular weight excluding hydrogens is 196 g/mol. The van der Waals surface area contributed by atoms with E-state index in [1.807, 2.05) is 0 Å². The lowest BCUT2D eigenvalue weighted by molar-refractivity contribution is -0.135. The average molecular weight is 216 g/mol. The van der Waals surface area contributed by atoms with Crippen LogP contribution in [0.3, 0.4) is 0 Å². The van der Waals surface area contributed by atoms with Gasteiger partial charge in [0.25, 0.3) is 0 Å². The molecular formula is C10H20N2O3. The lowest BCUT2D eigenvalue weighted by Crippen LogP contribution is -2.50. The molecule has 5 heteroatoms. The fourth-order valence-corrected chi connectivity index (χ4v) is 1.86. The van der Waals surface area contributed by atoms with Crippen molar-refractivity contribution in [2.75, 3.05) is 32.8 Å². The molecule has 1 aliphatic heterocycles. The molecule has 0 aromatic carbocycles. The van der Waals surface area contributed by atoms with Crippen molar-refractivity contribution >= 4 is 5.91 Å². The molecule has 0 aromatic heterocycles. The highest BCUT2D eigenvalue weighted by molar-refractivity contribution is 5.82. The van der Waals surface area contributed by atoms with Gasteiger partial charge in [-0.2, -0.15) is 0 Å². The van der Waals surface area contributed by atoms with E-state index in [0.29, 0.717) is 13.1 Å². The van der Waals surface area contributed by atoms with E-state index in [9.17, 15) is 4.79 Å². The van der Waals surface area contributed by atoms with E-state index >= 15 is 0 Å². The molecule has 1 rings (SSSR count). The third kappa shape index (κ3) is 3.77. The number of nitrogens with one attached hydrogen (secondary N) is 1. The normalized spacial score (nSPS) is 21.3. The Kier molecular flexibility index (Phi) is 5.60. The minimum Gasteiger partial charge on any atom is -0.395 e. The van der Waals surface area contributed by atoms with Gasteiger partial charge in [0.2, 0.25) is 5.91 Å². The molecule has 0 unspecified atom stereocenters. The van der Waals surface area contributed by atoms with Crippen molar-refractivity contribution in [2.45, 2.75) is 25.3 Å². The second-order valence-corrected chi connectivity index (χ2v) is 3.77. The number of aliphatic hydroxyl groups is 2. The molecule has 15 heavy (non-hydrogen) atoms.